The molecule has 1 amide bonds. The van der Waals surface area contributed by atoms with Crippen LogP contribution in [-0.4, -0.2) is 32.8 Å². The second-order valence-corrected chi connectivity index (χ2v) is 7.84. The van der Waals surface area contributed by atoms with Crippen LogP contribution in [0.1, 0.15) is 33.1 Å². The van der Waals surface area contributed by atoms with E-state index in [1.165, 1.54) is 18.6 Å². The fraction of sp³-hybridized carbons (Fsp3) is 0.500. The number of hydrogen-bond donors (Lipinski definition) is 1. The second kappa shape index (κ2) is 8.51. The van der Waals surface area contributed by atoms with Crippen molar-refractivity contribution in [3.8, 4) is 11.5 Å². The Morgan fingerprint density at radius 3 is 2.96 bits per heavy atom. The van der Waals surface area contributed by atoms with E-state index in [1.54, 1.807) is 12.1 Å². The van der Waals surface area contributed by atoms with Crippen LogP contribution < -0.4 is 5.32 Å². The molecular weight excluding hydrogens is 368 g/mol. The monoisotopic (exact) mass is 390 g/mol. The van der Waals surface area contributed by atoms with Gasteiger partial charge >= 0.3 is 0 Å². The fourth-order valence-electron chi connectivity index (χ4n) is 3.30. The van der Waals surface area contributed by atoms with Crippen molar-refractivity contribution in [3.05, 3.63) is 34.4 Å². The summed E-state index contributed by atoms with van der Waals surface area (Å²) >= 11 is 1.16. The summed E-state index contributed by atoms with van der Waals surface area (Å²) in [7, 11) is 0. The third-order valence-electron chi connectivity index (χ3n) is 5.09. The van der Waals surface area contributed by atoms with Gasteiger partial charge in [-0.3, -0.25) is 14.9 Å². The van der Waals surface area contributed by atoms with Crippen LogP contribution in [0.5, 0.6) is 0 Å². The van der Waals surface area contributed by atoms with Gasteiger partial charge < -0.3 is 9.73 Å². The first-order chi connectivity index (χ1) is 12.9. The van der Waals surface area contributed by atoms with Crippen molar-refractivity contribution in [2.45, 2.75) is 44.4 Å². The van der Waals surface area contributed by atoms with Crippen molar-refractivity contribution < 1.29 is 14.1 Å². The SMILES string of the molecule is C[C@@H]1[C@H](C)CCC[C@@H]1NC(=O)CSc1nnc(-c2cccc([N+](=O)[O-])c2)o1. The summed E-state index contributed by atoms with van der Waals surface area (Å²) < 4.78 is 5.52. The molecule has 1 heterocycles. The molecule has 1 aliphatic rings. The number of nitro groups is 1. The molecule has 1 aliphatic carbocycles. The lowest BCUT2D eigenvalue weighted by Gasteiger charge is -2.34. The maximum Gasteiger partial charge on any atom is 0.277 e. The molecule has 1 aromatic heterocycles. The number of carbonyl (C=O) groups excluding carboxylic acids is 1. The number of hydrogen-bond acceptors (Lipinski definition) is 7. The second-order valence-electron chi connectivity index (χ2n) is 6.91. The van der Waals surface area contributed by atoms with Crippen LogP contribution in [0.2, 0.25) is 0 Å². The summed E-state index contributed by atoms with van der Waals surface area (Å²) in [4.78, 5) is 22.6. The summed E-state index contributed by atoms with van der Waals surface area (Å²) in [5.41, 5.74) is 0.424. The first-order valence-electron chi connectivity index (χ1n) is 8.94. The summed E-state index contributed by atoms with van der Waals surface area (Å²) in [6.45, 7) is 4.41. The Labute approximate surface area is 161 Å². The molecule has 0 saturated heterocycles. The molecule has 144 valence electrons. The number of carbonyl (C=O) groups is 1. The summed E-state index contributed by atoms with van der Waals surface area (Å²) in [5, 5.41) is 22.0. The maximum atomic E-state index is 12.2. The molecule has 0 spiro atoms. The summed E-state index contributed by atoms with van der Waals surface area (Å²) in [5.74, 6) is 1.41. The molecule has 9 heteroatoms. The van der Waals surface area contributed by atoms with E-state index in [1.807, 2.05) is 0 Å². The zero-order valence-electron chi connectivity index (χ0n) is 15.3. The van der Waals surface area contributed by atoms with Crippen molar-refractivity contribution >= 4 is 23.4 Å². The summed E-state index contributed by atoms with van der Waals surface area (Å²) in [6.07, 6.45) is 3.37. The van der Waals surface area contributed by atoms with E-state index in [9.17, 15) is 14.9 Å². The molecule has 3 atom stereocenters. The normalized spacial score (nSPS) is 22.4. The van der Waals surface area contributed by atoms with Gasteiger partial charge in [0, 0.05) is 23.7 Å². The first-order valence-corrected chi connectivity index (χ1v) is 9.93. The topological polar surface area (TPSA) is 111 Å². The molecule has 0 aliphatic heterocycles. The Balaban J connectivity index is 1.56. The predicted molar refractivity (Wildman–Crippen MR) is 101 cm³/mol. The van der Waals surface area contributed by atoms with E-state index < -0.39 is 4.92 Å². The molecule has 1 fully saturated rings. The molecular formula is C18H22N4O4S. The highest BCUT2D eigenvalue weighted by atomic mass is 32.2. The third-order valence-corrected chi connectivity index (χ3v) is 5.91. The van der Waals surface area contributed by atoms with E-state index in [0.29, 0.717) is 17.4 Å². The number of benzene rings is 1. The van der Waals surface area contributed by atoms with Crippen molar-refractivity contribution in [1.29, 1.82) is 0 Å². The predicted octanol–water partition coefficient (Wildman–Crippen LogP) is 3.68. The summed E-state index contributed by atoms with van der Waals surface area (Å²) in [6, 6.07) is 6.20. The highest BCUT2D eigenvalue weighted by Crippen LogP contribution is 2.30. The number of amides is 1. The number of rotatable bonds is 6. The molecule has 1 aromatic carbocycles. The third kappa shape index (κ3) is 4.85. The van der Waals surface area contributed by atoms with Crippen LogP contribution >= 0.6 is 11.8 Å². The van der Waals surface area contributed by atoms with Gasteiger partial charge in [0.25, 0.3) is 10.9 Å². The smallest absolute Gasteiger partial charge is 0.277 e. The average Bonchev–Trinajstić information content (AvgIpc) is 3.13. The minimum absolute atomic E-state index is 0.0462. The Kier molecular flexibility index (Phi) is 6.10. The fourth-order valence-corrected chi connectivity index (χ4v) is 3.87. The van der Waals surface area contributed by atoms with Crippen LogP contribution in [0, 0.1) is 22.0 Å². The zero-order valence-corrected chi connectivity index (χ0v) is 16.1. The first kappa shape index (κ1) is 19.3. The molecule has 27 heavy (non-hydrogen) atoms. The molecule has 3 rings (SSSR count). The number of nitrogens with one attached hydrogen (secondary N) is 1. The maximum absolute atomic E-state index is 12.2. The zero-order chi connectivity index (χ0) is 19.4. The number of thioether (sulfide) groups is 1. The lowest BCUT2D eigenvalue weighted by Crippen LogP contribution is -2.44. The molecule has 1 saturated carbocycles. The van der Waals surface area contributed by atoms with Crippen molar-refractivity contribution in [3.63, 3.8) is 0 Å². The van der Waals surface area contributed by atoms with E-state index in [4.69, 9.17) is 4.42 Å². The largest absolute Gasteiger partial charge is 0.411 e. The Hall–Kier alpha value is -2.42. The van der Waals surface area contributed by atoms with Gasteiger partial charge in [0.15, 0.2) is 0 Å². The average molecular weight is 390 g/mol. The highest BCUT2D eigenvalue weighted by molar-refractivity contribution is 7.99. The Morgan fingerprint density at radius 2 is 2.19 bits per heavy atom. The van der Waals surface area contributed by atoms with E-state index in [0.717, 1.165) is 24.6 Å². The minimum Gasteiger partial charge on any atom is -0.411 e. The van der Waals surface area contributed by atoms with Crippen molar-refractivity contribution in [2.75, 3.05) is 5.75 Å². The van der Waals surface area contributed by atoms with Gasteiger partial charge in [-0.25, -0.2) is 0 Å². The van der Waals surface area contributed by atoms with Crippen molar-refractivity contribution in [2.24, 2.45) is 11.8 Å². The van der Waals surface area contributed by atoms with Crippen LogP contribution in [-0.2, 0) is 4.79 Å². The van der Waals surface area contributed by atoms with Gasteiger partial charge in [-0.1, -0.05) is 44.5 Å². The van der Waals surface area contributed by atoms with Gasteiger partial charge in [-0.15, -0.1) is 10.2 Å². The Morgan fingerprint density at radius 1 is 1.37 bits per heavy atom. The van der Waals surface area contributed by atoms with Crippen LogP contribution in [0.15, 0.2) is 33.9 Å². The van der Waals surface area contributed by atoms with Gasteiger partial charge in [-0.05, 0) is 24.3 Å². The molecule has 0 bridgehead atoms. The molecule has 8 nitrogen and oxygen atoms in total. The lowest BCUT2D eigenvalue weighted by molar-refractivity contribution is -0.384. The molecule has 2 aromatic rings. The number of non-ortho nitro benzene ring substituents is 1. The van der Waals surface area contributed by atoms with Gasteiger partial charge in [0.1, 0.15) is 0 Å². The lowest BCUT2D eigenvalue weighted by atomic mass is 9.78. The van der Waals surface area contributed by atoms with Gasteiger partial charge in [0.2, 0.25) is 11.8 Å². The number of nitrogens with zero attached hydrogens (tertiary/aromatic N) is 3. The number of nitro benzene ring substituents is 1. The van der Waals surface area contributed by atoms with Crippen LogP contribution in [0.25, 0.3) is 11.5 Å². The van der Waals surface area contributed by atoms with Gasteiger partial charge in [0.05, 0.1) is 10.7 Å². The minimum atomic E-state index is -0.479. The highest BCUT2D eigenvalue weighted by Gasteiger charge is 2.28. The standard InChI is InChI=1S/C18H22N4O4S/c1-11-5-3-8-15(12(11)2)19-16(23)10-27-18-21-20-17(26-18)13-6-4-7-14(9-13)22(24)25/h4,6-7,9,11-12,15H,3,5,8,10H2,1-2H3,(H,19,23)/t11-,12-,15+/m1/s1. The van der Waals surface area contributed by atoms with Crippen LogP contribution in [0.3, 0.4) is 0 Å². The quantitative estimate of drug-likeness (QED) is 0.455. The number of aromatic nitrogens is 2. The van der Waals surface area contributed by atoms with E-state index in [2.05, 4.69) is 29.4 Å². The van der Waals surface area contributed by atoms with E-state index >= 15 is 0 Å². The van der Waals surface area contributed by atoms with Gasteiger partial charge in [-0.2, -0.15) is 0 Å². The molecule has 0 radical (unpaired) electrons. The Bertz CT molecular complexity index is 825. The molecule has 1 N–H and O–H groups in total. The molecule has 0 unspecified atom stereocenters. The van der Waals surface area contributed by atoms with E-state index in [-0.39, 0.29) is 34.5 Å². The van der Waals surface area contributed by atoms with Crippen LogP contribution in [0.4, 0.5) is 5.69 Å². The van der Waals surface area contributed by atoms with Crippen molar-refractivity contribution in [1.82, 2.24) is 15.5 Å².